The van der Waals surface area contributed by atoms with Crippen molar-refractivity contribution in [3.05, 3.63) is 90.4 Å². The van der Waals surface area contributed by atoms with Gasteiger partial charge in [-0.05, 0) is 26.7 Å². The van der Waals surface area contributed by atoms with E-state index >= 15 is 0 Å². The minimum absolute atomic E-state index is 0. The fourth-order valence-corrected chi connectivity index (χ4v) is 3.28. The van der Waals surface area contributed by atoms with Gasteiger partial charge in [0.15, 0.2) is 0 Å². The van der Waals surface area contributed by atoms with Gasteiger partial charge in [-0.25, -0.2) is 0 Å². The third-order valence-electron chi connectivity index (χ3n) is 5.47. The number of benzene rings is 1. The van der Waals surface area contributed by atoms with Crippen molar-refractivity contribution in [3.8, 4) is 0 Å². The zero-order valence-electron chi connectivity index (χ0n) is 34.3. The Kier molecular flexibility index (Phi) is 79.7. The van der Waals surface area contributed by atoms with E-state index in [4.69, 9.17) is 0 Å². The third-order valence-corrected chi connectivity index (χ3v) is 5.47. The third kappa shape index (κ3) is 51.0. The quantitative estimate of drug-likeness (QED) is 0.135. The molecule has 1 aromatic rings. The molecule has 45 heavy (non-hydrogen) atoms. The maximum Gasteiger partial charge on any atom is 1.00 e. The SMILES string of the molecule is C=C(C)C1CCCCC1O.C=C/C=C(\C=C)C[C-](C)c1ccc(C)cc1.CC.CC.CCC.CCC.CCC.CCCC.[Na+].[Na]. The Balaban J connectivity index is -0.0000000678. The maximum atomic E-state index is 9.48. The molecule has 257 valence electrons. The van der Waals surface area contributed by atoms with Gasteiger partial charge in [-0.2, -0.15) is 23.6 Å². The van der Waals surface area contributed by atoms with Gasteiger partial charge < -0.3 is 5.11 Å². The van der Waals surface area contributed by atoms with Crippen LogP contribution in [0.2, 0.25) is 0 Å². The van der Waals surface area contributed by atoms with Gasteiger partial charge in [-0.1, -0.05) is 196 Å². The summed E-state index contributed by atoms with van der Waals surface area (Å²) in [4.78, 5) is 0. The molecule has 2 unspecified atom stereocenters. The van der Waals surface area contributed by atoms with Gasteiger partial charge in [0.05, 0.1) is 6.10 Å². The van der Waals surface area contributed by atoms with Crippen molar-refractivity contribution in [1.82, 2.24) is 0 Å². The monoisotopic (exact) mass is 648 g/mol. The van der Waals surface area contributed by atoms with Crippen molar-refractivity contribution in [2.24, 2.45) is 5.92 Å². The standard InChI is InChI=1S/C16H19.C9H16O.C4H10.3C3H8.2C2H6.2Na/c1-5-7-15(6-2)12-14(4)16-10-8-13(3)9-11-16;1-7(2)8-5-3-4-6-9(8)10;1-3-4-2;3*1-3-2;2*1-2;;/h5-11H,1-2,12H2,3-4H3;8-10H,1,3-6H2,2H3;3-4H2,1-2H3;3*3H2,1-2H3;2*1-2H3;;/q-1;;;;;;;;;+1/b15-7+;;;;;;;;;. The van der Waals surface area contributed by atoms with Crippen LogP contribution in [-0.2, 0) is 0 Å². The Morgan fingerprint density at radius 2 is 1.20 bits per heavy atom. The van der Waals surface area contributed by atoms with Gasteiger partial charge in [0.25, 0.3) is 0 Å². The molecule has 0 aliphatic heterocycles. The molecule has 0 heterocycles. The Labute approximate surface area is 331 Å². The summed E-state index contributed by atoms with van der Waals surface area (Å²) in [6, 6.07) is 8.62. The van der Waals surface area contributed by atoms with E-state index in [1.165, 1.54) is 67.6 Å². The fraction of sp³-hybridized carbons (Fsp3) is 0.643. The van der Waals surface area contributed by atoms with Crippen molar-refractivity contribution in [3.63, 3.8) is 0 Å². The van der Waals surface area contributed by atoms with Gasteiger partial charge in [0.1, 0.15) is 0 Å². The van der Waals surface area contributed by atoms with E-state index in [-0.39, 0.29) is 65.2 Å². The number of rotatable bonds is 7. The van der Waals surface area contributed by atoms with Crippen LogP contribution < -0.4 is 29.6 Å². The van der Waals surface area contributed by atoms with Crippen LogP contribution in [0.5, 0.6) is 0 Å². The van der Waals surface area contributed by atoms with E-state index in [9.17, 15) is 5.11 Å². The normalized spacial score (nSPS) is 13.6. The molecule has 1 saturated carbocycles. The molecule has 0 aromatic heterocycles. The molecule has 0 saturated heterocycles. The van der Waals surface area contributed by atoms with E-state index in [0.717, 1.165) is 24.8 Å². The Morgan fingerprint density at radius 1 is 0.822 bits per heavy atom. The summed E-state index contributed by atoms with van der Waals surface area (Å²) in [6.45, 7) is 42.8. The van der Waals surface area contributed by atoms with Crippen LogP contribution in [-0.4, -0.2) is 40.8 Å². The predicted octanol–water partition coefficient (Wildman–Crippen LogP) is 11.5. The van der Waals surface area contributed by atoms with Gasteiger partial charge in [0.2, 0.25) is 0 Å². The number of unbranched alkanes of at least 4 members (excludes halogenated alkanes) is 1. The average Bonchev–Trinajstić information content (AvgIpc) is 3.01. The molecule has 0 bridgehead atoms. The molecule has 0 spiro atoms. The second-order valence-corrected chi connectivity index (χ2v) is 10.4. The van der Waals surface area contributed by atoms with Crippen LogP contribution in [0.15, 0.2) is 73.4 Å². The van der Waals surface area contributed by atoms with Gasteiger partial charge in [-0.3, -0.25) is 0 Å². The largest absolute Gasteiger partial charge is 1.00 e. The van der Waals surface area contributed by atoms with Crippen LogP contribution in [0.1, 0.15) is 172 Å². The summed E-state index contributed by atoms with van der Waals surface area (Å²) in [5.74, 6) is 1.74. The van der Waals surface area contributed by atoms with Gasteiger partial charge in [0, 0.05) is 35.5 Å². The first-order chi connectivity index (χ1) is 20.5. The molecular weight excluding hydrogens is 566 g/mol. The van der Waals surface area contributed by atoms with E-state index in [0.29, 0.717) is 5.92 Å². The minimum atomic E-state index is -0.105. The molecule has 1 aromatic carbocycles. The molecule has 1 N–H and O–H groups in total. The molecule has 2 rings (SSSR count). The summed E-state index contributed by atoms with van der Waals surface area (Å²) in [5.41, 5.74) is 4.94. The molecule has 1 aliphatic rings. The molecule has 2 atom stereocenters. The molecule has 1 fully saturated rings. The number of allylic oxidation sites excluding steroid dienone is 4. The molecule has 1 aliphatic carbocycles. The number of hydrogen-bond acceptors (Lipinski definition) is 1. The second kappa shape index (κ2) is 56.4. The number of aryl methyl sites for hydroxylation is 1. The molecule has 1 nitrogen and oxygen atoms in total. The Bertz CT molecular complexity index is 684. The van der Waals surface area contributed by atoms with Crippen molar-refractivity contribution < 1.29 is 34.7 Å². The summed E-state index contributed by atoms with van der Waals surface area (Å²) in [5, 5.41) is 9.48. The van der Waals surface area contributed by atoms with E-state index < -0.39 is 0 Å². The van der Waals surface area contributed by atoms with E-state index in [1.807, 2.05) is 46.8 Å². The number of aliphatic hydroxyl groups is 1. The first-order valence-corrected chi connectivity index (χ1v) is 17.7. The summed E-state index contributed by atoms with van der Waals surface area (Å²) >= 11 is 0. The van der Waals surface area contributed by atoms with Crippen LogP contribution in [0.3, 0.4) is 0 Å². The summed E-state index contributed by atoms with van der Waals surface area (Å²) < 4.78 is 0. The van der Waals surface area contributed by atoms with Gasteiger partial charge in [-0.15, -0.1) is 12.1 Å². The van der Waals surface area contributed by atoms with Crippen molar-refractivity contribution in [2.75, 3.05) is 0 Å². The molecule has 3 heteroatoms. The van der Waals surface area contributed by atoms with Crippen molar-refractivity contribution in [1.29, 1.82) is 0 Å². The summed E-state index contributed by atoms with van der Waals surface area (Å²) in [6.07, 6.45) is 17.5. The fourth-order valence-electron chi connectivity index (χ4n) is 3.28. The molecule has 0 amide bonds. The maximum absolute atomic E-state index is 9.48. The smallest absolute Gasteiger partial charge is 0.393 e. The average molecular weight is 648 g/mol. The van der Waals surface area contributed by atoms with Crippen LogP contribution in [0, 0.1) is 18.8 Å². The van der Waals surface area contributed by atoms with Crippen molar-refractivity contribution >= 4 is 29.6 Å². The van der Waals surface area contributed by atoms with Crippen molar-refractivity contribution in [2.45, 2.75) is 174 Å². The van der Waals surface area contributed by atoms with Crippen LogP contribution in [0.4, 0.5) is 0 Å². The number of aliphatic hydroxyl groups excluding tert-OH is 1. The van der Waals surface area contributed by atoms with Crippen LogP contribution >= 0.6 is 0 Å². The topological polar surface area (TPSA) is 20.2 Å². The summed E-state index contributed by atoms with van der Waals surface area (Å²) in [7, 11) is 0. The number of hydrogen-bond donors (Lipinski definition) is 1. The van der Waals surface area contributed by atoms with Crippen LogP contribution in [0.25, 0.3) is 0 Å². The first kappa shape index (κ1) is 63.6. The zero-order chi connectivity index (χ0) is 35.1. The Hall–Kier alpha value is 0.0100. The van der Waals surface area contributed by atoms with E-state index in [2.05, 4.69) is 113 Å². The minimum Gasteiger partial charge on any atom is -0.393 e. The predicted molar refractivity (Wildman–Crippen MR) is 212 cm³/mol. The molecular formula is C42H81Na2O. The van der Waals surface area contributed by atoms with E-state index in [1.54, 1.807) is 6.08 Å². The Morgan fingerprint density at radius 3 is 1.47 bits per heavy atom. The molecule has 1 radical (unpaired) electrons. The second-order valence-electron chi connectivity index (χ2n) is 10.4. The zero-order valence-corrected chi connectivity index (χ0v) is 38.3. The van der Waals surface area contributed by atoms with Gasteiger partial charge >= 0.3 is 29.6 Å². The first-order valence-electron chi connectivity index (χ1n) is 17.7.